The number of thiophene rings is 1. The molecule has 1 aromatic rings. The van der Waals surface area contributed by atoms with Gasteiger partial charge in [-0.05, 0) is 25.2 Å². The molecule has 1 saturated heterocycles. The standard InChI is InChI=1S/C13H17ClN2O3S2/c14-10-6-20-7-11(10)15-13(17)16-4-1-5-21(18,19)8-12(16)9-2-3-9/h6-7,9,12H,1-5,8H2,(H,15,17). The molecule has 116 valence electrons. The van der Waals surface area contributed by atoms with Gasteiger partial charge in [-0.15, -0.1) is 11.3 Å². The van der Waals surface area contributed by atoms with Crippen LogP contribution in [-0.2, 0) is 9.84 Å². The summed E-state index contributed by atoms with van der Waals surface area (Å²) in [6, 6.07) is -0.445. The zero-order chi connectivity index (χ0) is 15.0. The summed E-state index contributed by atoms with van der Waals surface area (Å²) in [5, 5.41) is 6.84. The number of sulfone groups is 1. The van der Waals surface area contributed by atoms with Crippen molar-refractivity contribution in [3.63, 3.8) is 0 Å². The highest BCUT2D eigenvalue weighted by atomic mass is 35.5. The molecule has 1 aliphatic heterocycles. The molecule has 2 heterocycles. The second-order valence-electron chi connectivity index (χ2n) is 5.63. The quantitative estimate of drug-likeness (QED) is 0.893. The molecule has 1 saturated carbocycles. The summed E-state index contributed by atoms with van der Waals surface area (Å²) in [5.74, 6) is 0.573. The predicted molar refractivity (Wildman–Crippen MR) is 84.8 cm³/mol. The Bertz CT molecular complexity index is 640. The molecule has 2 fully saturated rings. The van der Waals surface area contributed by atoms with Gasteiger partial charge in [0.05, 0.1) is 28.3 Å². The number of nitrogens with one attached hydrogen (secondary N) is 1. The van der Waals surface area contributed by atoms with Crippen LogP contribution in [0.5, 0.6) is 0 Å². The minimum atomic E-state index is -3.06. The normalized spacial score (nSPS) is 25.4. The fourth-order valence-corrected chi connectivity index (χ4v) is 5.40. The first-order valence-electron chi connectivity index (χ1n) is 6.96. The molecule has 0 spiro atoms. The van der Waals surface area contributed by atoms with E-state index in [9.17, 15) is 13.2 Å². The first-order chi connectivity index (χ1) is 9.96. The highest BCUT2D eigenvalue weighted by Crippen LogP contribution is 2.37. The average Bonchev–Trinajstić information content (AvgIpc) is 3.19. The number of anilines is 1. The molecule has 3 rings (SSSR count). The Morgan fingerprint density at radius 3 is 2.76 bits per heavy atom. The molecular weight excluding hydrogens is 332 g/mol. The van der Waals surface area contributed by atoms with Crippen molar-refractivity contribution in [2.24, 2.45) is 5.92 Å². The van der Waals surface area contributed by atoms with Crippen molar-refractivity contribution >= 4 is 44.5 Å². The van der Waals surface area contributed by atoms with Gasteiger partial charge in [0.2, 0.25) is 0 Å². The van der Waals surface area contributed by atoms with E-state index in [-0.39, 0.29) is 23.6 Å². The van der Waals surface area contributed by atoms with E-state index < -0.39 is 9.84 Å². The molecule has 8 heteroatoms. The highest BCUT2D eigenvalue weighted by Gasteiger charge is 2.41. The van der Waals surface area contributed by atoms with Gasteiger partial charge < -0.3 is 10.2 Å². The minimum absolute atomic E-state index is 0.0858. The fourth-order valence-electron chi connectivity index (χ4n) is 2.74. The van der Waals surface area contributed by atoms with Crippen LogP contribution in [0.1, 0.15) is 19.3 Å². The van der Waals surface area contributed by atoms with Gasteiger partial charge in [0.15, 0.2) is 9.84 Å². The summed E-state index contributed by atoms with van der Waals surface area (Å²) >= 11 is 7.41. The zero-order valence-corrected chi connectivity index (χ0v) is 13.8. The van der Waals surface area contributed by atoms with Crippen molar-refractivity contribution in [2.45, 2.75) is 25.3 Å². The summed E-state index contributed by atoms with van der Waals surface area (Å²) in [5.41, 5.74) is 0.591. The molecule has 1 N–H and O–H groups in total. The van der Waals surface area contributed by atoms with Gasteiger partial charge in [0, 0.05) is 17.3 Å². The highest BCUT2D eigenvalue weighted by molar-refractivity contribution is 7.91. The molecular formula is C13H17ClN2O3S2. The van der Waals surface area contributed by atoms with Crippen molar-refractivity contribution in [1.29, 1.82) is 0 Å². The van der Waals surface area contributed by atoms with E-state index in [0.29, 0.717) is 29.6 Å². The third-order valence-electron chi connectivity index (χ3n) is 3.96. The lowest BCUT2D eigenvalue weighted by atomic mass is 10.2. The fraction of sp³-hybridized carbons (Fsp3) is 0.615. The molecule has 2 aliphatic rings. The number of hydrogen-bond donors (Lipinski definition) is 1. The lowest BCUT2D eigenvalue weighted by Crippen LogP contribution is -2.46. The topological polar surface area (TPSA) is 66.5 Å². The summed E-state index contributed by atoms with van der Waals surface area (Å²) in [6.07, 6.45) is 2.50. The van der Waals surface area contributed by atoms with Gasteiger partial charge in [0.1, 0.15) is 0 Å². The molecule has 0 aromatic carbocycles. The maximum absolute atomic E-state index is 12.5. The second-order valence-corrected chi connectivity index (χ2v) is 9.01. The Balaban J connectivity index is 1.78. The van der Waals surface area contributed by atoms with Crippen LogP contribution in [0.2, 0.25) is 5.02 Å². The molecule has 21 heavy (non-hydrogen) atoms. The maximum atomic E-state index is 12.5. The van der Waals surface area contributed by atoms with Gasteiger partial charge in [0.25, 0.3) is 0 Å². The summed E-state index contributed by atoms with van der Waals surface area (Å²) in [4.78, 5) is 14.2. The Morgan fingerprint density at radius 2 is 2.14 bits per heavy atom. The van der Waals surface area contributed by atoms with E-state index in [1.165, 1.54) is 11.3 Å². The second kappa shape index (κ2) is 5.78. The molecule has 0 bridgehead atoms. The molecule has 1 aromatic heterocycles. The third-order valence-corrected chi connectivity index (χ3v) is 6.91. The predicted octanol–water partition coefficient (Wildman–Crippen LogP) is 2.83. The number of hydrogen-bond acceptors (Lipinski definition) is 4. The summed E-state index contributed by atoms with van der Waals surface area (Å²) in [7, 11) is -3.06. The van der Waals surface area contributed by atoms with Crippen LogP contribution in [0, 0.1) is 5.92 Å². The van der Waals surface area contributed by atoms with Crippen LogP contribution in [0.25, 0.3) is 0 Å². The van der Waals surface area contributed by atoms with Gasteiger partial charge in [-0.2, -0.15) is 0 Å². The number of rotatable bonds is 2. The average molecular weight is 349 g/mol. The van der Waals surface area contributed by atoms with Crippen molar-refractivity contribution < 1.29 is 13.2 Å². The van der Waals surface area contributed by atoms with Gasteiger partial charge in [-0.3, -0.25) is 0 Å². The van der Waals surface area contributed by atoms with Crippen molar-refractivity contribution in [3.8, 4) is 0 Å². The third kappa shape index (κ3) is 3.52. The lowest BCUT2D eigenvalue weighted by Gasteiger charge is -2.29. The van der Waals surface area contributed by atoms with E-state index in [1.807, 2.05) is 0 Å². The van der Waals surface area contributed by atoms with Crippen molar-refractivity contribution in [1.82, 2.24) is 4.90 Å². The van der Waals surface area contributed by atoms with Gasteiger partial charge in [-0.1, -0.05) is 11.6 Å². The van der Waals surface area contributed by atoms with Crippen LogP contribution in [0.3, 0.4) is 0 Å². The summed E-state index contributed by atoms with van der Waals surface area (Å²) < 4.78 is 23.9. The number of nitrogens with zero attached hydrogens (tertiary/aromatic N) is 1. The van der Waals surface area contributed by atoms with Gasteiger partial charge in [-0.25, -0.2) is 13.2 Å². The Kier molecular flexibility index (Phi) is 4.16. The number of amides is 2. The van der Waals surface area contributed by atoms with E-state index in [4.69, 9.17) is 11.6 Å². The van der Waals surface area contributed by atoms with Crippen LogP contribution >= 0.6 is 22.9 Å². The van der Waals surface area contributed by atoms with E-state index in [2.05, 4.69) is 5.32 Å². The first kappa shape index (κ1) is 15.1. The largest absolute Gasteiger partial charge is 0.322 e. The minimum Gasteiger partial charge on any atom is -0.320 e. The zero-order valence-electron chi connectivity index (χ0n) is 11.4. The summed E-state index contributed by atoms with van der Waals surface area (Å²) in [6.45, 7) is 0.480. The number of carbonyl (C=O) groups excluding carboxylic acids is 1. The van der Waals surface area contributed by atoms with Crippen molar-refractivity contribution in [3.05, 3.63) is 15.8 Å². The Hall–Kier alpha value is -0.790. The number of carbonyl (C=O) groups is 1. The maximum Gasteiger partial charge on any atom is 0.322 e. The molecule has 1 unspecified atom stereocenters. The molecule has 1 atom stereocenters. The van der Waals surface area contributed by atoms with E-state index in [0.717, 1.165) is 12.8 Å². The van der Waals surface area contributed by atoms with Crippen LogP contribution in [-0.4, -0.2) is 43.4 Å². The van der Waals surface area contributed by atoms with E-state index >= 15 is 0 Å². The number of urea groups is 1. The lowest BCUT2D eigenvalue weighted by molar-refractivity contribution is 0.188. The van der Waals surface area contributed by atoms with E-state index in [1.54, 1.807) is 15.7 Å². The smallest absolute Gasteiger partial charge is 0.320 e. The Labute approximate surface area is 133 Å². The van der Waals surface area contributed by atoms with Crippen LogP contribution in [0.15, 0.2) is 10.8 Å². The Morgan fingerprint density at radius 1 is 1.38 bits per heavy atom. The monoisotopic (exact) mass is 348 g/mol. The van der Waals surface area contributed by atoms with Gasteiger partial charge >= 0.3 is 6.03 Å². The van der Waals surface area contributed by atoms with Crippen LogP contribution in [0.4, 0.5) is 10.5 Å². The van der Waals surface area contributed by atoms with Crippen molar-refractivity contribution in [2.75, 3.05) is 23.4 Å². The molecule has 1 aliphatic carbocycles. The SMILES string of the molecule is O=C(Nc1cscc1Cl)N1CCCS(=O)(=O)CC1C1CC1. The number of halogens is 1. The molecule has 0 radical (unpaired) electrons. The first-order valence-corrected chi connectivity index (χ1v) is 10.1. The molecule has 2 amide bonds. The van der Waals surface area contributed by atoms with Crippen LogP contribution < -0.4 is 5.32 Å². The molecule has 5 nitrogen and oxygen atoms in total.